The van der Waals surface area contributed by atoms with Crippen molar-refractivity contribution in [3.05, 3.63) is 35.4 Å². The van der Waals surface area contributed by atoms with E-state index in [0.29, 0.717) is 19.4 Å². The van der Waals surface area contributed by atoms with Gasteiger partial charge in [-0.3, -0.25) is 9.59 Å². The van der Waals surface area contributed by atoms with E-state index in [4.69, 9.17) is 0 Å². The zero-order valence-electron chi connectivity index (χ0n) is 13.3. The molecule has 4 heteroatoms. The summed E-state index contributed by atoms with van der Waals surface area (Å²) >= 11 is 0. The summed E-state index contributed by atoms with van der Waals surface area (Å²) in [6.07, 6.45) is 2.80. The Labute approximate surface area is 127 Å². The number of nitrogens with one attached hydrogen (secondary N) is 1. The fourth-order valence-electron chi connectivity index (χ4n) is 1.90. The van der Waals surface area contributed by atoms with Crippen LogP contribution in [-0.2, 0) is 16.0 Å². The second-order valence-corrected chi connectivity index (χ2v) is 5.43. The number of carbonyl (C=O) groups is 2. The lowest BCUT2D eigenvalue weighted by atomic mass is 10.1. The Hall–Kier alpha value is -1.84. The number of likely N-dealkylation sites (N-methyl/N-ethyl adjacent to an activating group) is 1. The molecule has 0 aliphatic heterocycles. The largest absolute Gasteiger partial charge is 0.356 e. The quantitative estimate of drug-likeness (QED) is 0.747. The highest BCUT2D eigenvalue weighted by atomic mass is 16.2. The molecule has 21 heavy (non-hydrogen) atoms. The first kappa shape index (κ1) is 17.2. The van der Waals surface area contributed by atoms with E-state index in [2.05, 4.69) is 12.2 Å². The van der Waals surface area contributed by atoms with Crippen molar-refractivity contribution in [1.82, 2.24) is 10.2 Å². The summed E-state index contributed by atoms with van der Waals surface area (Å²) in [5.41, 5.74) is 2.19. The third-order valence-electron chi connectivity index (χ3n) is 3.43. The minimum absolute atomic E-state index is 0.0124. The lowest BCUT2D eigenvalue weighted by Gasteiger charge is -2.17. The Kier molecular flexibility index (Phi) is 7.51. The highest BCUT2D eigenvalue weighted by molar-refractivity contribution is 5.80. The van der Waals surface area contributed by atoms with Gasteiger partial charge in [0, 0.05) is 26.6 Å². The van der Waals surface area contributed by atoms with Gasteiger partial charge in [-0.05, 0) is 18.9 Å². The van der Waals surface area contributed by atoms with Gasteiger partial charge in [-0.2, -0.15) is 0 Å². The number of nitrogens with zero attached hydrogens (tertiary/aromatic N) is 1. The number of hydrogen-bond donors (Lipinski definition) is 1. The minimum Gasteiger partial charge on any atom is -0.356 e. The smallest absolute Gasteiger partial charge is 0.226 e. The van der Waals surface area contributed by atoms with Crippen LogP contribution in [0.2, 0.25) is 0 Å². The van der Waals surface area contributed by atoms with Gasteiger partial charge in [0.2, 0.25) is 11.8 Å². The van der Waals surface area contributed by atoms with E-state index >= 15 is 0 Å². The molecule has 0 aliphatic rings. The summed E-state index contributed by atoms with van der Waals surface area (Å²) in [4.78, 5) is 25.3. The molecule has 1 aromatic rings. The summed E-state index contributed by atoms with van der Waals surface area (Å²) in [6, 6.07) is 7.95. The summed E-state index contributed by atoms with van der Waals surface area (Å²) < 4.78 is 0. The van der Waals surface area contributed by atoms with Gasteiger partial charge in [0.05, 0.1) is 6.42 Å². The molecule has 0 aliphatic carbocycles. The topological polar surface area (TPSA) is 49.4 Å². The van der Waals surface area contributed by atoms with Gasteiger partial charge in [0.1, 0.15) is 0 Å². The first-order chi connectivity index (χ1) is 10.0. The van der Waals surface area contributed by atoms with Crippen molar-refractivity contribution < 1.29 is 9.59 Å². The van der Waals surface area contributed by atoms with Crippen molar-refractivity contribution in [1.29, 1.82) is 0 Å². The van der Waals surface area contributed by atoms with Crippen LogP contribution in [0.25, 0.3) is 0 Å². The van der Waals surface area contributed by atoms with Gasteiger partial charge in [0.15, 0.2) is 0 Å². The molecule has 0 bridgehead atoms. The maximum absolute atomic E-state index is 12.1. The number of unbranched alkanes of at least 4 members (excludes halogenated alkanes) is 1. The molecule has 0 heterocycles. The molecule has 1 aromatic carbocycles. The average Bonchev–Trinajstić information content (AvgIpc) is 2.47. The summed E-state index contributed by atoms with van der Waals surface area (Å²) in [5.74, 6) is 0.0543. The zero-order valence-corrected chi connectivity index (χ0v) is 13.3. The van der Waals surface area contributed by atoms with Gasteiger partial charge in [-0.1, -0.05) is 43.2 Å². The Morgan fingerprint density at radius 3 is 2.48 bits per heavy atom. The number of carbonyl (C=O) groups excluding carboxylic acids is 2. The van der Waals surface area contributed by atoms with Crippen molar-refractivity contribution in [3.8, 4) is 0 Å². The van der Waals surface area contributed by atoms with E-state index in [0.717, 1.165) is 24.9 Å². The molecule has 0 atom stereocenters. The monoisotopic (exact) mass is 290 g/mol. The van der Waals surface area contributed by atoms with Crippen molar-refractivity contribution in [2.45, 2.75) is 39.5 Å². The van der Waals surface area contributed by atoms with Crippen LogP contribution in [0.5, 0.6) is 0 Å². The van der Waals surface area contributed by atoms with Gasteiger partial charge >= 0.3 is 0 Å². The van der Waals surface area contributed by atoms with Crippen LogP contribution in [0, 0.1) is 6.92 Å². The zero-order chi connectivity index (χ0) is 15.7. The first-order valence-corrected chi connectivity index (χ1v) is 7.59. The van der Waals surface area contributed by atoms with Gasteiger partial charge in [0.25, 0.3) is 0 Å². The normalized spacial score (nSPS) is 10.2. The Balaban J connectivity index is 2.30. The van der Waals surface area contributed by atoms with E-state index in [-0.39, 0.29) is 11.8 Å². The van der Waals surface area contributed by atoms with Gasteiger partial charge in [-0.25, -0.2) is 0 Å². The molecule has 0 radical (unpaired) electrons. The van der Waals surface area contributed by atoms with E-state index < -0.39 is 0 Å². The van der Waals surface area contributed by atoms with Crippen LogP contribution in [-0.4, -0.2) is 36.9 Å². The number of rotatable bonds is 8. The standard InChI is InChI=1S/C17H26N2O2/c1-4-5-11-18-16(20)10-12-19(3)17(21)13-15-8-6-14(2)7-9-15/h6-9H,4-5,10-13H2,1-3H3,(H,18,20). The van der Waals surface area contributed by atoms with Crippen LogP contribution in [0.3, 0.4) is 0 Å². The summed E-state index contributed by atoms with van der Waals surface area (Å²) in [7, 11) is 1.75. The molecule has 0 saturated carbocycles. The number of hydrogen-bond acceptors (Lipinski definition) is 2. The molecule has 2 amide bonds. The molecule has 1 N–H and O–H groups in total. The van der Waals surface area contributed by atoms with Crippen LogP contribution >= 0.6 is 0 Å². The van der Waals surface area contributed by atoms with Crippen molar-refractivity contribution in [3.63, 3.8) is 0 Å². The SMILES string of the molecule is CCCCNC(=O)CCN(C)C(=O)Cc1ccc(C)cc1. The fourth-order valence-corrected chi connectivity index (χ4v) is 1.90. The molecule has 0 fully saturated rings. The summed E-state index contributed by atoms with van der Waals surface area (Å²) in [6.45, 7) is 5.29. The van der Waals surface area contributed by atoms with Crippen molar-refractivity contribution in [2.75, 3.05) is 20.1 Å². The van der Waals surface area contributed by atoms with Crippen LogP contribution in [0.1, 0.15) is 37.3 Å². The van der Waals surface area contributed by atoms with Gasteiger partial charge in [-0.15, -0.1) is 0 Å². The highest BCUT2D eigenvalue weighted by Crippen LogP contribution is 2.05. The number of amides is 2. The molecular weight excluding hydrogens is 264 g/mol. The van der Waals surface area contributed by atoms with Crippen molar-refractivity contribution >= 4 is 11.8 Å². The number of benzene rings is 1. The molecule has 116 valence electrons. The fraction of sp³-hybridized carbons (Fsp3) is 0.529. The van der Waals surface area contributed by atoms with Crippen LogP contribution < -0.4 is 5.32 Å². The maximum atomic E-state index is 12.1. The lowest BCUT2D eigenvalue weighted by Crippen LogP contribution is -2.33. The molecule has 1 rings (SSSR count). The molecule has 0 spiro atoms. The third kappa shape index (κ3) is 6.93. The second-order valence-electron chi connectivity index (χ2n) is 5.43. The molecular formula is C17H26N2O2. The first-order valence-electron chi connectivity index (χ1n) is 7.59. The average molecular weight is 290 g/mol. The Morgan fingerprint density at radius 1 is 1.19 bits per heavy atom. The van der Waals surface area contributed by atoms with E-state index in [1.165, 1.54) is 5.56 Å². The molecule has 0 saturated heterocycles. The van der Waals surface area contributed by atoms with E-state index in [9.17, 15) is 9.59 Å². The molecule has 0 aromatic heterocycles. The lowest BCUT2D eigenvalue weighted by molar-refractivity contribution is -0.129. The second kappa shape index (κ2) is 9.16. The van der Waals surface area contributed by atoms with Crippen molar-refractivity contribution in [2.24, 2.45) is 0 Å². The Bertz CT molecular complexity index is 454. The third-order valence-corrected chi connectivity index (χ3v) is 3.43. The minimum atomic E-state index is 0.0124. The van der Waals surface area contributed by atoms with E-state index in [1.54, 1.807) is 11.9 Å². The Morgan fingerprint density at radius 2 is 1.86 bits per heavy atom. The van der Waals surface area contributed by atoms with Crippen LogP contribution in [0.4, 0.5) is 0 Å². The molecule has 4 nitrogen and oxygen atoms in total. The van der Waals surface area contributed by atoms with Crippen LogP contribution in [0.15, 0.2) is 24.3 Å². The molecule has 0 unspecified atom stereocenters. The van der Waals surface area contributed by atoms with Gasteiger partial charge < -0.3 is 10.2 Å². The number of aryl methyl sites for hydroxylation is 1. The predicted octanol–water partition coefficient (Wildman–Crippen LogP) is 2.30. The summed E-state index contributed by atoms with van der Waals surface area (Å²) in [5, 5.41) is 2.86. The van der Waals surface area contributed by atoms with E-state index in [1.807, 2.05) is 31.2 Å². The predicted molar refractivity (Wildman–Crippen MR) is 85.1 cm³/mol. The highest BCUT2D eigenvalue weighted by Gasteiger charge is 2.11. The maximum Gasteiger partial charge on any atom is 0.226 e.